The highest BCUT2D eigenvalue weighted by Gasteiger charge is 2.27. The van der Waals surface area contributed by atoms with E-state index in [1.165, 1.54) is 4.90 Å². The van der Waals surface area contributed by atoms with Gasteiger partial charge in [0, 0.05) is 18.2 Å². The fourth-order valence-electron chi connectivity index (χ4n) is 3.10. The van der Waals surface area contributed by atoms with Gasteiger partial charge in [-0.05, 0) is 25.2 Å². The van der Waals surface area contributed by atoms with Crippen molar-refractivity contribution in [3.05, 3.63) is 48.0 Å². The van der Waals surface area contributed by atoms with Crippen molar-refractivity contribution in [1.29, 1.82) is 0 Å². The highest BCUT2D eigenvalue weighted by atomic mass is 16.5. The summed E-state index contributed by atoms with van der Waals surface area (Å²) in [5.74, 6) is 1.09. The number of amides is 2. The van der Waals surface area contributed by atoms with Gasteiger partial charge in [0.2, 0.25) is 11.8 Å². The standard InChI is InChI=1S/C20H23N3O4/c1-22(11-14-8-9-15(26-2)10-18(14)27-3)13-20(25)23-12-19(24)21-16-6-4-5-7-17(16)23/h4-10H,11-13H2,1-3H3,(H,21,24). The van der Waals surface area contributed by atoms with Crippen LogP contribution in [0.2, 0.25) is 0 Å². The van der Waals surface area contributed by atoms with Crippen LogP contribution in [-0.4, -0.2) is 51.1 Å². The number of fused-ring (bicyclic) bond motifs is 1. The molecule has 1 aliphatic rings. The molecule has 1 heterocycles. The van der Waals surface area contributed by atoms with Crippen LogP contribution < -0.4 is 19.7 Å². The van der Waals surface area contributed by atoms with E-state index < -0.39 is 0 Å². The van der Waals surface area contributed by atoms with Gasteiger partial charge in [-0.15, -0.1) is 0 Å². The van der Waals surface area contributed by atoms with Crippen LogP contribution in [0.15, 0.2) is 42.5 Å². The van der Waals surface area contributed by atoms with Gasteiger partial charge in [0.15, 0.2) is 0 Å². The second-order valence-electron chi connectivity index (χ2n) is 6.40. The molecule has 0 saturated heterocycles. The first kappa shape index (κ1) is 18.7. The summed E-state index contributed by atoms with van der Waals surface area (Å²) in [4.78, 5) is 28.1. The smallest absolute Gasteiger partial charge is 0.244 e. The van der Waals surface area contributed by atoms with Crippen LogP contribution in [0.25, 0.3) is 0 Å². The first-order valence-electron chi connectivity index (χ1n) is 8.60. The SMILES string of the molecule is COc1ccc(CN(C)CC(=O)N2CC(=O)Nc3ccccc32)c(OC)c1. The number of ether oxygens (including phenoxy) is 2. The molecular weight excluding hydrogens is 346 g/mol. The van der Waals surface area contributed by atoms with Crippen LogP contribution in [0.3, 0.4) is 0 Å². The van der Waals surface area contributed by atoms with Gasteiger partial charge in [0.05, 0.1) is 32.1 Å². The molecule has 0 aliphatic carbocycles. The second-order valence-corrected chi connectivity index (χ2v) is 6.40. The number of anilines is 2. The van der Waals surface area contributed by atoms with E-state index in [2.05, 4.69) is 5.32 Å². The predicted molar refractivity (Wildman–Crippen MR) is 103 cm³/mol. The highest BCUT2D eigenvalue weighted by Crippen LogP contribution is 2.29. The molecule has 0 spiro atoms. The Morgan fingerprint density at radius 2 is 1.96 bits per heavy atom. The van der Waals surface area contributed by atoms with Crippen LogP contribution in [-0.2, 0) is 16.1 Å². The molecule has 3 rings (SSSR count). The Hall–Kier alpha value is -3.06. The van der Waals surface area contributed by atoms with Crippen molar-refractivity contribution in [2.45, 2.75) is 6.54 Å². The lowest BCUT2D eigenvalue weighted by Gasteiger charge is -2.30. The summed E-state index contributed by atoms with van der Waals surface area (Å²) in [7, 11) is 5.07. The van der Waals surface area contributed by atoms with E-state index in [9.17, 15) is 9.59 Å². The third kappa shape index (κ3) is 4.20. The topological polar surface area (TPSA) is 71.1 Å². The number of nitrogens with zero attached hydrogens (tertiary/aromatic N) is 2. The molecule has 0 bridgehead atoms. The minimum absolute atomic E-state index is 0.0234. The minimum atomic E-state index is -0.193. The number of benzene rings is 2. The maximum Gasteiger partial charge on any atom is 0.244 e. The highest BCUT2D eigenvalue weighted by molar-refractivity contribution is 6.10. The molecule has 2 aromatic carbocycles. The summed E-state index contributed by atoms with van der Waals surface area (Å²) in [5, 5.41) is 2.79. The van der Waals surface area contributed by atoms with Gasteiger partial charge in [-0.1, -0.05) is 18.2 Å². The molecule has 2 aromatic rings. The summed E-state index contributed by atoms with van der Waals surface area (Å²) >= 11 is 0. The minimum Gasteiger partial charge on any atom is -0.497 e. The predicted octanol–water partition coefficient (Wildman–Crippen LogP) is 2.12. The first-order valence-corrected chi connectivity index (χ1v) is 8.60. The molecular formula is C20H23N3O4. The summed E-state index contributed by atoms with van der Waals surface area (Å²) < 4.78 is 10.6. The van der Waals surface area contributed by atoms with Crippen molar-refractivity contribution in [3.63, 3.8) is 0 Å². The zero-order valence-corrected chi connectivity index (χ0v) is 15.7. The molecule has 142 valence electrons. The van der Waals surface area contributed by atoms with Crippen LogP contribution in [0.4, 0.5) is 11.4 Å². The average Bonchev–Trinajstić information content (AvgIpc) is 2.67. The molecule has 7 nitrogen and oxygen atoms in total. The van der Waals surface area contributed by atoms with Crippen molar-refractivity contribution in [2.24, 2.45) is 0 Å². The Bertz CT molecular complexity index is 853. The van der Waals surface area contributed by atoms with Crippen molar-refractivity contribution < 1.29 is 19.1 Å². The number of hydrogen-bond donors (Lipinski definition) is 1. The third-order valence-corrected chi connectivity index (χ3v) is 4.41. The Morgan fingerprint density at radius 3 is 2.70 bits per heavy atom. The Morgan fingerprint density at radius 1 is 1.19 bits per heavy atom. The number of likely N-dealkylation sites (N-methyl/N-ethyl adjacent to an activating group) is 1. The molecule has 1 aliphatic heterocycles. The Balaban J connectivity index is 1.71. The first-order chi connectivity index (χ1) is 13.0. The fourth-order valence-corrected chi connectivity index (χ4v) is 3.10. The van der Waals surface area contributed by atoms with Gasteiger partial charge in [-0.25, -0.2) is 0 Å². The quantitative estimate of drug-likeness (QED) is 0.845. The average molecular weight is 369 g/mol. The number of rotatable bonds is 6. The maximum atomic E-state index is 12.8. The van der Waals surface area contributed by atoms with Crippen molar-refractivity contribution in [2.75, 3.05) is 44.6 Å². The molecule has 7 heteroatoms. The second kappa shape index (κ2) is 8.09. The molecule has 0 aromatic heterocycles. The zero-order valence-electron chi connectivity index (χ0n) is 15.7. The molecule has 27 heavy (non-hydrogen) atoms. The summed E-state index contributed by atoms with van der Waals surface area (Å²) in [6.07, 6.45) is 0. The molecule has 0 saturated carbocycles. The van der Waals surface area contributed by atoms with Crippen LogP contribution >= 0.6 is 0 Å². The van der Waals surface area contributed by atoms with Crippen molar-refractivity contribution in [1.82, 2.24) is 4.90 Å². The van der Waals surface area contributed by atoms with Gasteiger partial charge < -0.3 is 14.8 Å². The molecule has 1 N–H and O–H groups in total. The number of para-hydroxylation sites is 2. The number of nitrogens with one attached hydrogen (secondary N) is 1. The third-order valence-electron chi connectivity index (χ3n) is 4.41. The zero-order chi connectivity index (χ0) is 19.4. The lowest BCUT2D eigenvalue weighted by molar-refractivity contribution is -0.122. The van der Waals surface area contributed by atoms with Crippen molar-refractivity contribution >= 4 is 23.2 Å². The fraction of sp³-hybridized carbons (Fsp3) is 0.300. The van der Waals surface area contributed by atoms with Gasteiger partial charge in [-0.2, -0.15) is 0 Å². The summed E-state index contributed by atoms with van der Waals surface area (Å²) in [5.41, 5.74) is 2.32. The van der Waals surface area contributed by atoms with E-state index in [-0.39, 0.29) is 24.9 Å². The van der Waals surface area contributed by atoms with Crippen LogP contribution in [0, 0.1) is 0 Å². The lowest BCUT2D eigenvalue weighted by atomic mass is 10.1. The molecule has 0 fully saturated rings. The number of carbonyl (C=O) groups is 2. The van der Waals surface area contributed by atoms with Gasteiger partial charge in [-0.3, -0.25) is 19.4 Å². The molecule has 0 radical (unpaired) electrons. The van der Waals surface area contributed by atoms with E-state index in [0.717, 1.165) is 11.3 Å². The van der Waals surface area contributed by atoms with E-state index in [1.807, 2.05) is 48.3 Å². The van der Waals surface area contributed by atoms with E-state index in [1.54, 1.807) is 20.3 Å². The molecule has 2 amide bonds. The molecule has 0 unspecified atom stereocenters. The van der Waals surface area contributed by atoms with Crippen molar-refractivity contribution in [3.8, 4) is 11.5 Å². The van der Waals surface area contributed by atoms with Gasteiger partial charge in [0.25, 0.3) is 0 Å². The number of methoxy groups -OCH3 is 2. The normalized spacial score (nSPS) is 13.2. The largest absolute Gasteiger partial charge is 0.497 e. The Labute approximate surface area is 158 Å². The lowest BCUT2D eigenvalue weighted by Crippen LogP contribution is -2.45. The number of hydrogen-bond acceptors (Lipinski definition) is 5. The molecule has 0 atom stereocenters. The van der Waals surface area contributed by atoms with Crippen LogP contribution in [0.5, 0.6) is 11.5 Å². The summed E-state index contributed by atoms with van der Waals surface area (Å²) in [6, 6.07) is 12.9. The maximum absolute atomic E-state index is 12.8. The van der Waals surface area contributed by atoms with E-state index in [4.69, 9.17) is 9.47 Å². The monoisotopic (exact) mass is 369 g/mol. The van der Waals surface area contributed by atoms with Gasteiger partial charge in [0.1, 0.15) is 18.0 Å². The van der Waals surface area contributed by atoms with Gasteiger partial charge >= 0.3 is 0 Å². The van der Waals surface area contributed by atoms with E-state index in [0.29, 0.717) is 23.7 Å². The number of carbonyl (C=O) groups excluding carboxylic acids is 2. The Kier molecular flexibility index (Phi) is 5.61. The van der Waals surface area contributed by atoms with Crippen LogP contribution in [0.1, 0.15) is 5.56 Å². The van der Waals surface area contributed by atoms with E-state index >= 15 is 0 Å². The summed E-state index contributed by atoms with van der Waals surface area (Å²) in [6.45, 7) is 0.729.